The van der Waals surface area contributed by atoms with Crippen molar-refractivity contribution in [1.82, 2.24) is 14.5 Å². The van der Waals surface area contributed by atoms with E-state index in [1.165, 1.54) is 7.11 Å². The van der Waals surface area contributed by atoms with Gasteiger partial charge in [-0.2, -0.15) is 0 Å². The molecule has 2 aromatic rings. The highest BCUT2D eigenvalue weighted by molar-refractivity contribution is 5.86. The Balaban J connectivity index is 2.67. The maximum atomic E-state index is 12.9. The molecular formula is C17H21N3O5. The minimum atomic E-state index is -1.33. The summed E-state index contributed by atoms with van der Waals surface area (Å²) in [6.07, 6.45) is 0. The molecule has 0 atom stereocenters. The van der Waals surface area contributed by atoms with Crippen LogP contribution in [0.3, 0.4) is 0 Å². The van der Waals surface area contributed by atoms with E-state index < -0.39 is 17.2 Å². The number of carboxylic acids is 1. The summed E-state index contributed by atoms with van der Waals surface area (Å²) in [6.45, 7) is 5.27. The molecule has 0 saturated carbocycles. The Labute approximate surface area is 144 Å². The topological polar surface area (TPSA) is 105 Å². The first-order valence-electron chi connectivity index (χ1n) is 7.91. The lowest BCUT2D eigenvalue weighted by molar-refractivity contribution is 0.0686. The number of aromatic carboxylic acids is 1. The highest BCUT2D eigenvalue weighted by Crippen LogP contribution is 2.13. The quantitative estimate of drug-likeness (QED) is 0.776. The SMILES string of the molecule is CCN(CC)Cc1c(C(=O)O)[nH]c(=O)n(-c2ccc(OC)cc2)c1=O. The molecule has 2 N–H and O–H groups in total. The Morgan fingerprint density at radius 3 is 2.28 bits per heavy atom. The Bertz CT molecular complexity index is 863. The minimum absolute atomic E-state index is 0.0478. The van der Waals surface area contributed by atoms with E-state index in [1.54, 1.807) is 24.3 Å². The predicted molar refractivity (Wildman–Crippen MR) is 92.8 cm³/mol. The fourth-order valence-corrected chi connectivity index (χ4v) is 2.54. The zero-order valence-corrected chi connectivity index (χ0v) is 14.4. The van der Waals surface area contributed by atoms with Gasteiger partial charge in [-0.15, -0.1) is 0 Å². The number of hydrogen-bond donors (Lipinski definition) is 2. The van der Waals surface area contributed by atoms with Gasteiger partial charge in [0.05, 0.1) is 18.4 Å². The van der Waals surface area contributed by atoms with Crippen LogP contribution in [0.25, 0.3) is 5.69 Å². The van der Waals surface area contributed by atoms with Crippen LogP contribution in [0.2, 0.25) is 0 Å². The number of nitrogens with zero attached hydrogens (tertiary/aromatic N) is 2. The number of ether oxygens (including phenoxy) is 1. The zero-order valence-electron chi connectivity index (χ0n) is 14.4. The third-order valence-electron chi connectivity index (χ3n) is 4.02. The number of carboxylic acid groups (broad SMARTS) is 1. The summed E-state index contributed by atoms with van der Waals surface area (Å²) in [7, 11) is 1.51. The van der Waals surface area contributed by atoms with Gasteiger partial charge in [0.25, 0.3) is 5.56 Å². The van der Waals surface area contributed by atoms with Crippen molar-refractivity contribution >= 4 is 5.97 Å². The molecule has 0 amide bonds. The molecule has 0 unspecified atom stereocenters. The predicted octanol–water partition coefficient (Wildman–Crippen LogP) is 1.07. The molecule has 8 heteroatoms. The molecule has 0 bridgehead atoms. The van der Waals surface area contributed by atoms with Crippen LogP contribution >= 0.6 is 0 Å². The van der Waals surface area contributed by atoms with Crippen molar-refractivity contribution in [3.05, 3.63) is 56.4 Å². The number of benzene rings is 1. The van der Waals surface area contributed by atoms with E-state index in [4.69, 9.17) is 4.74 Å². The van der Waals surface area contributed by atoms with Gasteiger partial charge in [-0.3, -0.25) is 9.69 Å². The summed E-state index contributed by atoms with van der Waals surface area (Å²) in [6, 6.07) is 6.38. The first kappa shape index (κ1) is 18.5. The molecule has 2 rings (SSSR count). The fourth-order valence-electron chi connectivity index (χ4n) is 2.54. The van der Waals surface area contributed by atoms with Gasteiger partial charge in [-0.25, -0.2) is 14.2 Å². The van der Waals surface area contributed by atoms with Crippen molar-refractivity contribution in [2.75, 3.05) is 20.2 Å². The molecular weight excluding hydrogens is 326 g/mol. The van der Waals surface area contributed by atoms with Crippen LogP contribution < -0.4 is 16.0 Å². The molecule has 0 saturated heterocycles. The van der Waals surface area contributed by atoms with Gasteiger partial charge in [-0.05, 0) is 37.4 Å². The van der Waals surface area contributed by atoms with Crippen LogP contribution in [0.1, 0.15) is 29.9 Å². The fraction of sp³-hybridized carbons (Fsp3) is 0.353. The molecule has 0 aliphatic rings. The van der Waals surface area contributed by atoms with Crippen molar-refractivity contribution in [2.45, 2.75) is 20.4 Å². The summed E-state index contributed by atoms with van der Waals surface area (Å²) in [5.74, 6) is -0.753. The summed E-state index contributed by atoms with van der Waals surface area (Å²) in [4.78, 5) is 40.8. The van der Waals surface area contributed by atoms with E-state index in [1.807, 2.05) is 18.7 Å². The number of aromatic nitrogens is 2. The van der Waals surface area contributed by atoms with Crippen molar-refractivity contribution in [3.8, 4) is 11.4 Å². The summed E-state index contributed by atoms with van der Waals surface area (Å²) >= 11 is 0. The maximum Gasteiger partial charge on any atom is 0.352 e. The molecule has 1 aromatic carbocycles. The molecule has 8 nitrogen and oxygen atoms in total. The van der Waals surface area contributed by atoms with Gasteiger partial charge in [0.15, 0.2) is 0 Å². The molecule has 1 heterocycles. The van der Waals surface area contributed by atoms with Gasteiger partial charge < -0.3 is 14.8 Å². The van der Waals surface area contributed by atoms with E-state index in [0.717, 1.165) is 4.57 Å². The summed E-state index contributed by atoms with van der Waals surface area (Å²) < 4.78 is 6.00. The van der Waals surface area contributed by atoms with Crippen LogP contribution in [0.5, 0.6) is 5.75 Å². The Morgan fingerprint density at radius 2 is 1.80 bits per heavy atom. The molecule has 1 aromatic heterocycles. The van der Waals surface area contributed by atoms with Gasteiger partial charge in [-0.1, -0.05) is 13.8 Å². The van der Waals surface area contributed by atoms with Crippen LogP contribution in [-0.2, 0) is 6.54 Å². The molecule has 25 heavy (non-hydrogen) atoms. The lowest BCUT2D eigenvalue weighted by Crippen LogP contribution is -2.40. The first-order valence-corrected chi connectivity index (χ1v) is 7.91. The van der Waals surface area contributed by atoms with Crippen LogP contribution in [0.15, 0.2) is 33.9 Å². The molecule has 134 valence electrons. The number of nitrogens with one attached hydrogen (secondary N) is 1. The first-order chi connectivity index (χ1) is 11.9. The van der Waals surface area contributed by atoms with E-state index >= 15 is 0 Å². The normalized spacial score (nSPS) is 10.9. The second kappa shape index (κ2) is 7.80. The second-order valence-corrected chi connectivity index (χ2v) is 5.39. The van der Waals surface area contributed by atoms with Crippen LogP contribution in [0.4, 0.5) is 0 Å². The lowest BCUT2D eigenvalue weighted by Gasteiger charge is -2.19. The number of methoxy groups -OCH3 is 1. The van der Waals surface area contributed by atoms with Gasteiger partial charge >= 0.3 is 11.7 Å². The summed E-state index contributed by atoms with van der Waals surface area (Å²) in [5, 5.41) is 9.35. The summed E-state index contributed by atoms with van der Waals surface area (Å²) in [5.41, 5.74) is -1.42. The number of carbonyl (C=O) groups is 1. The average Bonchev–Trinajstić information content (AvgIpc) is 2.61. The average molecular weight is 347 g/mol. The van der Waals surface area contributed by atoms with E-state index in [9.17, 15) is 19.5 Å². The molecule has 0 spiro atoms. The standard InChI is InChI=1S/C17H21N3O5/c1-4-19(5-2)10-13-14(16(22)23)18-17(24)20(15(13)21)11-6-8-12(25-3)9-7-11/h6-9H,4-5,10H2,1-3H3,(H,18,24)(H,22,23). The minimum Gasteiger partial charge on any atom is -0.497 e. The Hall–Kier alpha value is -2.87. The smallest absolute Gasteiger partial charge is 0.352 e. The van der Waals surface area contributed by atoms with E-state index in [2.05, 4.69) is 4.98 Å². The van der Waals surface area contributed by atoms with E-state index in [0.29, 0.717) is 24.5 Å². The zero-order chi connectivity index (χ0) is 18.6. The molecule has 0 fully saturated rings. The molecule has 0 aliphatic heterocycles. The number of aromatic amines is 1. The number of rotatable bonds is 7. The van der Waals surface area contributed by atoms with Crippen molar-refractivity contribution < 1.29 is 14.6 Å². The van der Waals surface area contributed by atoms with Crippen molar-refractivity contribution in [2.24, 2.45) is 0 Å². The number of H-pyrrole nitrogens is 1. The third-order valence-corrected chi connectivity index (χ3v) is 4.02. The lowest BCUT2D eigenvalue weighted by atomic mass is 10.2. The number of hydrogen-bond acceptors (Lipinski definition) is 5. The molecule has 0 radical (unpaired) electrons. The van der Waals surface area contributed by atoms with E-state index in [-0.39, 0.29) is 17.8 Å². The highest BCUT2D eigenvalue weighted by Gasteiger charge is 2.21. The van der Waals surface area contributed by atoms with Crippen LogP contribution in [0, 0.1) is 0 Å². The van der Waals surface area contributed by atoms with Gasteiger partial charge in [0.1, 0.15) is 11.4 Å². The second-order valence-electron chi connectivity index (χ2n) is 5.39. The monoisotopic (exact) mass is 347 g/mol. The van der Waals surface area contributed by atoms with Gasteiger partial charge in [0.2, 0.25) is 0 Å². The maximum absolute atomic E-state index is 12.9. The highest BCUT2D eigenvalue weighted by atomic mass is 16.5. The Kier molecular flexibility index (Phi) is 5.76. The van der Waals surface area contributed by atoms with Crippen molar-refractivity contribution in [1.29, 1.82) is 0 Å². The van der Waals surface area contributed by atoms with Crippen LogP contribution in [-0.4, -0.2) is 45.7 Å². The largest absolute Gasteiger partial charge is 0.497 e. The molecule has 0 aliphatic carbocycles. The Morgan fingerprint density at radius 1 is 1.20 bits per heavy atom. The van der Waals surface area contributed by atoms with Gasteiger partial charge in [0, 0.05) is 6.54 Å². The third kappa shape index (κ3) is 3.80. The van der Waals surface area contributed by atoms with Crippen molar-refractivity contribution in [3.63, 3.8) is 0 Å².